The van der Waals surface area contributed by atoms with E-state index in [0.29, 0.717) is 12.4 Å². The van der Waals surface area contributed by atoms with E-state index in [1.165, 1.54) is 55.5 Å². The molecule has 0 unspecified atom stereocenters. The summed E-state index contributed by atoms with van der Waals surface area (Å²) in [5, 5.41) is 3.92. The Morgan fingerprint density at radius 2 is 1.61 bits per heavy atom. The number of carbonyl (C=O) groups is 2. The first kappa shape index (κ1) is 24.0. The molecule has 2 N–H and O–H groups in total. The van der Waals surface area contributed by atoms with Gasteiger partial charge in [0, 0.05) is 11.3 Å². The highest BCUT2D eigenvalue weighted by Crippen LogP contribution is 2.34. The lowest BCUT2D eigenvalue weighted by atomic mass is 10.1. The summed E-state index contributed by atoms with van der Waals surface area (Å²) >= 11 is 0. The summed E-state index contributed by atoms with van der Waals surface area (Å²) < 4.78 is 52.7. The van der Waals surface area contributed by atoms with E-state index in [0.717, 1.165) is 12.8 Å². The van der Waals surface area contributed by atoms with Crippen LogP contribution in [-0.4, -0.2) is 36.9 Å². The molecule has 0 aromatic heterocycles. The molecule has 0 aliphatic heterocycles. The minimum atomic E-state index is -5.21. The molecule has 1 atom stereocenters. The summed E-state index contributed by atoms with van der Waals surface area (Å²) in [6.07, 6.45) is -3.43. The van der Waals surface area contributed by atoms with Crippen molar-refractivity contribution in [3.8, 4) is 5.75 Å². The smallest absolute Gasteiger partial charge is 0.441 e. The van der Waals surface area contributed by atoms with Gasteiger partial charge in [-0.2, -0.15) is 13.2 Å². The highest BCUT2D eigenvalue weighted by molar-refractivity contribution is 5.99. The monoisotopic (exact) mass is 438 g/mol. The van der Waals surface area contributed by atoms with Crippen LogP contribution in [0, 0.1) is 0 Å². The first-order chi connectivity index (χ1) is 14.7. The minimum Gasteiger partial charge on any atom is -0.494 e. The molecule has 0 bridgehead atoms. The van der Waals surface area contributed by atoms with Gasteiger partial charge >= 0.3 is 17.8 Å². The third kappa shape index (κ3) is 6.13. The lowest BCUT2D eigenvalue weighted by Crippen LogP contribution is -2.69. The summed E-state index contributed by atoms with van der Waals surface area (Å²) in [7, 11) is 0. The van der Waals surface area contributed by atoms with Gasteiger partial charge in [-0.1, -0.05) is 31.5 Å². The molecular weight excluding hydrogens is 413 g/mol. The number of carbonyl (C=O) groups excluding carboxylic acids is 2. The van der Waals surface area contributed by atoms with Gasteiger partial charge in [0.05, 0.1) is 13.2 Å². The molecule has 2 rings (SSSR count). The number of hydrogen-bond acceptors (Lipinski definition) is 5. The number of rotatable bonds is 10. The Morgan fingerprint density at radius 1 is 0.968 bits per heavy atom. The molecule has 0 saturated heterocycles. The third-order valence-electron chi connectivity index (χ3n) is 4.30. The van der Waals surface area contributed by atoms with Crippen molar-refractivity contribution in [3.05, 3.63) is 60.2 Å². The number of nitrogens with one attached hydrogen (secondary N) is 2. The van der Waals surface area contributed by atoms with Crippen LogP contribution in [0.1, 0.15) is 37.0 Å². The fourth-order valence-corrected chi connectivity index (χ4v) is 2.65. The molecule has 6 nitrogen and oxygen atoms in total. The second kappa shape index (κ2) is 10.7. The van der Waals surface area contributed by atoms with E-state index >= 15 is 0 Å². The molecule has 0 aliphatic carbocycles. The van der Waals surface area contributed by atoms with Crippen LogP contribution in [-0.2, 0) is 9.53 Å². The maximum atomic E-state index is 14.2. The fourth-order valence-electron chi connectivity index (χ4n) is 2.65. The predicted molar refractivity (Wildman–Crippen MR) is 110 cm³/mol. The first-order valence-electron chi connectivity index (χ1n) is 9.86. The van der Waals surface area contributed by atoms with Gasteiger partial charge in [0.2, 0.25) is 0 Å². The summed E-state index contributed by atoms with van der Waals surface area (Å²) in [5.41, 5.74) is -3.58. The molecule has 0 radical (unpaired) electrons. The molecule has 1 amide bonds. The lowest BCUT2D eigenvalue weighted by Gasteiger charge is -2.35. The molecule has 2 aromatic carbocycles. The summed E-state index contributed by atoms with van der Waals surface area (Å²) in [6, 6.07) is 12.9. The number of alkyl halides is 3. The maximum absolute atomic E-state index is 14.2. The van der Waals surface area contributed by atoms with Crippen LogP contribution in [0.25, 0.3) is 0 Å². The lowest BCUT2D eigenvalue weighted by molar-refractivity contribution is -0.204. The highest BCUT2D eigenvalue weighted by atomic mass is 19.4. The number of benzene rings is 2. The van der Waals surface area contributed by atoms with Crippen molar-refractivity contribution in [1.82, 2.24) is 5.32 Å². The van der Waals surface area contributed by atoms with Gasteiger partial charge in [-0.3, -0.25) is 4.79 Å². The molecule has 31 heavy (non-hydrogen) atoms. The molecule has 168 valence electrons. The highest BCUT2D eigenvalue weighted by Gasteiger charge is 2.63. The van der Waals surface area contributed by atoms with Gasteiger partial charge in [0.1, 0.15) is 5.75 Å². The van der Waals surface area contributed by atoms with E-state index < -0.39 is 23.7 Å². The van der Waals surface area contributed by atoms with Crippen molar-refractivity contribution in [2.75, 3.05) is 18.5 Å². The Hall–Kier alpha value is -3.23. The van der Waals surface area contributed by atoms with Crippen LogP contribution < -0.4 is 15.4 Å². The van der Waals surface area contributed by atoms with Crippen molar-refractivity contribution >= 4 is 17.6 Å². The Balaban J connectivity index is 2.36. The topological polar surface area (TPSA) is 76.7 Å². The molecule has 0 fully saturated rings. The van der Waals surface area contributed by atoms with Crippen molar-refractivity contribution in [3.63, 3.8) is 0 Å². The van der Waals surface area contributed by atoms with E-state index in [-0.39, 0.29) is 17.9 Å². The number of ether oxygens (including phenoxy) is 2. The Bertz CT molecular complexity index is 857. The number of halogens is 3. The third-order valence-corrected chi connectivity index (χ3v) is 4.30. The molecular formula is C22H25F3N2O4. The van der Waals surface area contributed by atoms with E-state index in [1.807, 2.05) is 6.92 Å². The van der Waals surface area contributed by atoms with Crippen molar-refractivity contribution in [2.45, 2.75) is 38.5 Å². The van der Waals surface area contributed by atoms with Crippen LogP contribution in [0.4, 0.5) is 18.9 Å². The summed E-state index contributed by atoms with van der Waals surface area (Å²) in [6.45, 7) is 3.56. The molecule has 2 aromatic rings. The Morgan fingerprint density at radius 3 is 2.16 bits per heavy atom. The number of unbranched alkanes of at least 4 members (excludes halogenated alkanes) is 1. The maximum Gasteiger partial charge on any atom is 0.441 e. The zero-order valence-corrected chi connectivity index (χ0v) is 17.3. The quantitative estimate of drug-likeness (QED) is 0.324. The standard InChI is InChI=1S/C22H25F3N2O4/c1-3-5-15-31-18-13-11-17(12-14-18)26-21(22(23,24)25,20(29)30-4-2)27-19(28)16-9-7-6-8-10-16/h6-14,26H,3-5,15H2,1-2H3,(H,27,28)/t21-/m0/s1. The Kier molecular flexibility index (Phi) is 8.30. The van der Waals surface area contributed by atoms with Gasteiger partial charge in [-0.05, 0) is 49.7 Å². The molecule has 0 aliphatic rings. The predicted octanol–water partition coefficient (Wildman–Crippen LogP) is 4.53. The van der Waals surface area contributed by atoms with Gasteiger partial charge in [0.25, 0.3) is 5.91 Å². The zero-order valence-electron chi connectivity index (χ0n) is 17.3. The van der Waals surface area contributed by atoms with Crippen molar-refractivity contribution in [2.24, 2.45) is 0 Å². The van der Waals surface area contributed by atoms with Crippen molar-refractivity contribution in [1.29, 1.82) is 0 Å². The van der Waals surface area contributed by atoms with E-state index in [4.69, 9.17) is 4.74 Å². The molecule has 0 spiro atoms. The SMILES string of the molecule is CCCCOc1ccc(N[C@](NC(=O)c2ccccc2)(C(=O)OCC)C(F)(F)F)cc1. The normalized spacial score (nSPS) is 13.1. The fraction of sp³-hybridized carbons (Fsp3) is 0.364. The average Bonchev–Trinajstić information content (AvgIpc) is 2.74. The van der Waals surface area contributed by atoms with Gasteiger partial charge in [-0.15, -0.1) is 0 Å². The molecule has 0 heterocycles. The van der Waals surface area contributed by atoms with Crippen LogP contribution >= 0.6 is 0 Å². The van der Waals surface area contributed by atoms with Crippen LogP contribution in [0.3, 0.4) is 0 Å². The molecule has 0 saturated carbocycles. The van der Waals surface area contributed by atoms with Gasteiger partial charge in [-0.25, -0.2) is 4.79 Å². The van der Waals surface area contributed by atoms with Gasteiger partial charge < -0.3 is 20.1 Å². The zero-order chi connectivity index (χ0) is 22.9. The first-order valence-corrected chi connectivity index (χ1v) is 9.86. The summed E-state index contributed by atoms with van der Waals surface area (Å²) in [5.74, 6) is -2.28. The molecule has 9 heteroatoms. The number of esters is 1. The second-order valence-electron chi connectivity index (χ2n) is 6.64. The van der Waals surface area contributed by atoms with Crippen LogP contribution in [0.2, 0.25) is 0 Å². The van der Waals surface area contributed by atoms with Crippen LogP contribution in [0.5, 0.6) is 5.75 Å². The van der Waals surface area contributed by atoms with Crippen molar-refractivity contribution < 1.29 is 32.2 Å². The minimum absolute atomic E-state index is 0.0399. The number of anilines is 1. The van der Waals surface area contributed by atoms with E-state index in [2.05, 4.69) is 10.1 Å². The van der Waals surface area contributed by atoms with E-state index in [9.17, 15) is 22.8 Å². The average molecular weight is 438 g/mol. The number of hydrogen-bond donors (Lipinski definition) is 2. The summed E-state index contributed by atoms with van der Waals surface area (Å²) in [4.78, 5) is 25.0. The largest absolute Gasteiger partial charge is 0.494 e. The number of amides is 1. The second-order valence-corrected chi connectivity index (χ2v) is 6.64. The van der Waals surface area contributed by atoms with Crippen LogP contribution in [0.15, 0.2) is 54.6 Å². The van der Waals surface area contributed by atoms with Gasteiger partial charge in [0.15, 0.2) is 0 Å². The Labute approximate surface area is 178 Å². The van der Waals surface area contributed by atoms with E-state index in [1.54, 1.807) is 11.4 Å².